The third-order valence-electron chi connectivity index (χ3n) is 17.6. The predicted molar refractivity (Wildman–Crippen MR) is 305 cm³/mol. The fraction of sp³-hybridized carbons (Fsp3) is 0.475. The molecule has 1 amide bonds. The molecule has 91 heavy (non-hydrogen) atoms. The summed E-state index contributed by atoms with van der Waals surface area (Å²) < 4.78 is 36.1. The van der Waals surface area contributed by atoms with Crippen molar-refractivity contribution in [3.63, 3.8) is 0 Å². The van der Waals surface area contributed by atoms with Crippen LogP contribution in [0.1, 0.15) is 81.1 Å². The summed E-state index contributed by atoms with van der Waals surface area (Å²) in [5.74, 6) is -5.10. The van der Waals surface area contributed by atoms with Crippen LogP contribution in [0.25, 0.3) is 0 Å². The van der Waals surface area contributed by atoms with Crippen LogP contribution in [0.4, 0.5) is 16.7 Å². The molecule has 1 saturated heterocycles. The Morgan fingerprint density at radius 3 is 1.80 bits per heavy atom. The number of nitro groups is 2. The Morgan fingerprint density at radius 2 is 1.27 bits per heavy atom. The first-order valence-electron chi connectivity index (χ1n) is 28.4. The molecule has 32 heteroatoms. The Labute approximate surface area is 592 Å². The number of aromatic nitrogens is 8. The second kappa shape index (κ2) is 29.4. The first-order chi connectivity index (χ1) is 42.1. The van der Waals surface area contributed by atoms with E-state index in [1.807, 2.05) is 6.92 Å². The van der Waals surface area contributed by atoms with Crippen molar-refractivity contribution in [1.82, 2.24) is 43.5 Å². The largest absolute Gasteiger partial charge is 0.509 e. The van der Waals surface area contributed by atoms with Gasteiger partial charge in [-0.3, -0.25) is 9.59 Å². The number of imidazole rings is 4. The van der Waals surface area contributed by atoms with Crippen LogP contribution in [-0.4, -0.2) is 170 Å². The zero-order valence-electron chi connectivity index (χ0n) is 50.7. The number of aliphatic hydroxyl groups is 5. The number of aliphatic hydroxyl groups excluding tert-OH is 3. The number of fused-ring (bicyclic) bond motifs is 5. The first-order valence-corrected chi connectivity index (χ1v) is 28.4. The van der Waals surface area contributed by atoms with Gasteiger partial charge in [-0.2, -0.15) is 0 Å². The molecule has 1 aliphatic heterocycles. The van der Waals surface area contributed by atoms with Crippen molar-refractivity contribution in [2.45, 2.75) is 154 Å². The summed E-state index contributed by atoms with van der Waals surface area (Å²) in [5, 5.41) is 85.5. The van der Waals surface area contributed by atoms with Crippen LogP contribution in [-0.2, 0) is 64.2 Å². The maximum absolute atomic E-state index is 15.6. The van der Waals surface area contributed by atoms with Gasteiger partial charge in [-0.15, -0.1) is 0 Å². The summed E-state index contributed by atoms with van der Waals surface area (Å²) in [5.41, 5.74) is -8.25. The number of benzene rings is 2. The molecule has 0 spiro atoms. The number of amides is 1. The van der Waals surface area contributed by atoms with E-state index in [1.165, 1.54) is 82.3 Å². The third kappa shape index (κ3) is 14.6. The molecule has 2 bridgehead atoms. The Kier molecular flexibility index (Phi) is 23.3. The maximum Gasteiger partial charge on any atom is 0.509 e. The average molecular weight is 1690 g/mol. The molecule has 4 aliphatic rings. The van der Waals surface area contributed by atoms with Gasteiger partial charge in [-0.25, -0.2) is 33.5 Å². The summed E-state index contributed by atoms with van der Waals surface area (Å²) in [6.45, 7) is 10.2. The van der Waals surface area contributed by atoms with E-state index in [4.69, 9.17) is 23.7 Å². The van der Waals surface area contributed by atoms with Crippen LogP contribution in [0, 0.1) is 139 Å². The number of nitrogens with zero attached hydrogens (tertiary/aromatic N) is 10. The smallest absolute Gasteiger partial charge is 0.456 e. The minimum atomic E-state index is -2.47. The molecule has 2 aromatic carbocycles. The number of rotatable bonds is 19. The van der Waals surface area contributed by atoms with Crippen LogP contribution in [0.3, 0.4) is 0 Å². The molecule has 4 aromatic heterocycles. The van der Waals surface area contributed by atoms with E-state index in [-0.39, 0.29) is 137 Å². The second-order valence-electron chi connectivity index (χ2n) is 23.3. The molecule has 30 nitrogen and oxygen atoms in total. The fourth-order valence-corrected chi connectivity index (χ4v) is 12.9. The quantitative estimate of drug-likeness (QED) is 0.0223. The molecule has 3 aliphatic carbocycles. The summed E-state index contributed by atoms with van der Waals surface area (Å²) >= 11 is 0. The SMILES string of the molecule is CC(=O)NC(c1ccccc1)C(O)C(=O)OC1CC2(O)C(OC(=O)c3ccccc3)C3[C@]4(O)COC4CC(OC(=O)OC(Cn4ccnc4C)Cn4ccnc4[N+](=O)[O-])[C@@]3(C)C(=O)C(O)C(=C1C)C2(C)C.Cc1nccn1CC(O)Cn1ccnc1[N+](=O)[O-].[Ac].[Ac]. The number of nitrogens with one attached hydrogen (secondary N) is 1. The predicted octanol–water partition coefficient (Wildman–Crippen LogP) is 3.20. The van der Waals surface area contributed by atoms with Crippen molar-refractivity contribution in [1.29, 1.82) is 0 Å². The van der Waals surface area contributed by atoms with Gasteiger partial charge in [0.25, 0.3) is 0 Å². The summed E-state index contributed by atoms with van der Waals surface area (Å²) in [6, 6.07) is 14.5. The molecular weight excluding hydrogens is 1620 g/mol. The van der Waals surface area contributed by atoms with Crippen molar-refractivity contribution in [2.75, 3.05) is 6.61 Å². The van der Waals surface area contributed by atoms with Crippen molar-refractivity contribution in [3.8, 4) is 0 Å². The normalized spacial score (nSPS) is 25.8. The molecule has 3 fully saturated rings. The van der Waals surface area contributed by atoms with Crippen molar-refractivity contribution >= 4 is 41.7 Å². The van der Waals surface area contributed by atoms with Crippen molar-refractivity contribution in [3.05, 3.63) is 164 Å². The van der Waals surface area contributed by atoms with Gasteiger partial charge in [0.05, 0.1) is 49.4 Å². The van der Waals surface area contributed by atoms with Gasteiger partial charge >= 0.3 is 30.0 Å². The Balaban J connectivity index is 0.000000504. The van der Waals surface area contributed by atoms with Gasteiger partial charge in [-0.1, -0.05) is 72.3 Å². The number of aryl methyl sites for hydroxylation is 2. The Morgan fingerprint density at radius 1 is 0.758 bits per heavy atom. The van der Waals surface area contributed by atoms with Crippen LogP contribution in [0.5, 0.6) is 0 Å². The number of hydrogen-bond acceptors (Lipinski definition) is 23. The van der Waals surface area contributed by atoms with E-state index < -0.39 is 141 Å². The van der Waals surface area contributed by atoms with Crippen molar-refractivity contribution < 1.29 is 171 Å². The number of Topliss-reactive ketones (excluding diaryl/α,β-unsaturated/α-hetero) is 1. The molecule has 13 atom stereocenters. The monoisotopic (exact) mass is 1690 g/mol. The van der Waals surface area contributed by atoms with Gasteiger partial charge in [-0.05, 0) is 66.4 Å². The zero-order chi connectivity index (χ0) is 64.5. The van der Waals surface area contributed by atoms with Crippen LogP contribution >= 0.6 is 0 Å². The number of ketones is 1. The number of carbonyl (C=O) groups excluding carboxylic acids is 5. The van der Waals surface area contributed by atoms with Crippen molar-refractivity contribution in [2.24, 2.45) is 16.7 Å². The summed E-state index contributed by atoms with van der Waals surface area (Å²) in [4.78, 5) is 107. The third-order valence-corrected chi connectivity index (χ3v) is 17.6. The van der Waals surface area contributed by atoms with E-state index >= 15 is 4.79 Å². The molecule has 10 rings (SSSR count). The molecular formula is C59H69Ac2N11O19. The van der Waals surface area contributed by atoms with E-state index in [0.717, 1.165) is 10.4 Å². The fourth-order valence-electron chi connectivity index (χ4n) is 12.9. The Bertz CT molecular complexity index is 3650. The van der Waals surface area contributed by atoms with Crippen LogP contribution < -0.4 is 5.32 Å². The minimum absolute atomic E-state index is 0. The zero-order valence-corrected chi connectivity index (χ0v) is 60.2. The number of carbonyl (C=O) groups is 5. The van der Waals surface area contributed by atoms with Gasteiger partial charge in [0, 0.05) is 144 Å². The second-order valence-corrected chi connectivity index (χ2v) is 23.3. The topological polar surface area (TPSA) is 402 Å². The average Bonchev–Trinajstić information content (AvgIpc) is 0.823. The van der Waals surface area contributed by atoms with Crippen LogP contribution in [0.2, 0.25) is 0 Å². The number of esters is 2. The minimum Gasteiger partial charge on any atom is -0.456 e. The molecule has 5 heterocycles. The van der Waals surface area contributed by atoms with E-state index in [0.29, 0.717) is 17.9 Å². The molecule has 2 saturated carbocycles. The Hall–Kier alpha value is -6.19. The number of hydrogen-bond donors (Lipinski definition) is 6. The van der Waals surface area contributed by atoms with E-state index in [1.54, 1.807) is 83.2 Å². The van der Waals surface area contributed by atoms with Gasteiger partial charge < -0.3 is 83.9 Å². The summed E-state index contributed by atoms with van der Waals surface area (Å²) in [7, 11) is 0. The summed E-state index contributed by atoms with van der Waals surface area (Å²) in [6.07, 6.45) is -2.92. The molecule has 11 unspecified atom stereocenters. The molecule has 6 N–H and O–H groups in total. The van der Waals surface area contributed by atoms with Gasteiger partial charge in [0.2, 0.25) is 5.91 Å². The standard InChI is InChI=1S/C49H56N6O16.C10H13N5O3.2Ac/c1-26-32(69-43(61)38(58)36(52-28(3)56)29-13-9-7-10-14-29)22-49(64)41(71-42(60)30-15-11-8-12-16-30)39-47(6,40(59)37(57)35(26)46(49,4)5)33(21-34-48(39,63)25-67-34)70-45(62)68-31(23-53-19-17-50-27(53)2)24-54-20-18-51-44(54)55(65)66;1-8-11-2-4-13(8)6-9(16)7-14-5-3-12-10(14)15(17)18;;/h7-20,31-34,36-39,41,57-58,63-64H,21-25H2,1-6H3,(H,52,56);2-5,9,16H,6-7H2,1H3;;/t31?,32?,33?,34?,36?,37?,38?,39?,41?,47-,48+,49?;;;/m1.../s1. The van der Waals surface area contributed by atoms with Gasteiger partial charge in [0.15, 0.2) is 18.0 Å². The van der Waals surface area contributed by atoms with E-state index in [9.17, 15) is 64.9 Å². The maximum atomic E-state index is 15.6. The first kappa shape index (κ1) is 72.2. The number of ether oxygens (including phenoxy) is 5. The van der Waals surface area contributed by atoms with Crippen LogP contribution in [0.15, 0.2) is 121 Å². The molecule has 2 radical (unpaired) electrons. The van der Waals surface area contributed by atoms with Gasteiger partial charge in [0.1, 0.15) is 84.7 Å². The molecule has 480 valence electrons. The van der Waals surface area contributed by atoms with E-state index in [2.05, 4.69) is 25.3 Å². The molecule has 6 aromatic rings.